The number of benzene rings is 3. The predicted octanol–water partition coefficient (Wildman–Crippen LogP) is 7.48. The standard InChI is InChI=1S/C36H37N5O2S/c1-25-5-2-6-27-23-29(38-36(43)34-8-4-22-44-34)13-18-33(27)41(25)31-16-11-28(12-17-31)37-35(42)26-9-14-30(15-10-26)40-21-20-39-19-3-7-32(39)24-40/h2,4,6,8-18,22-23,25,32H,3,5,7,19-21,24H2,1H3,(H,37,42)(H,38,43). The molecule has 2 saturated heterocycles. The molecule has 4 heterocycles. The van der Waals surface area contributed by atoms with Crippen LogP contribution in [-0.2, 0) is 0 Å². The lowest BCUT2D eigenvalue weighted by Gasteiger charge is -2.38. The van der Waals surface area contributed by atoms with Crippen molar-refractivity contribution in [1.82, 2.24) is 4.90 Å². The van der Waals surface area contributed by atoms with Gasteiger partial charge in [0.1, 0.15) is 0 Å². The molecule has 224 valence electrons. The summed E-state index contributed by atoms with van der Waals surface area (Å²) in [6.07, 6.45) is 7.78. The summed E-state index contributed by atoms with van der Waals surface area (Å²) in [4.78, 5) is 33.8. The summed E-state index contributed by atoms with van der Waals surface area (Å²) >= 11 is 1.43. The highest BCUT2D eigenvalue weighted by molar-refractivity contribution is 7.12. The first-order valence-electron chi connectivity index (χ1n) is 15.5. The molecule has 2 unspecified atom stereocenters. The van der Waals surface area contributed by atoms with Crippen LogP contribution in [0.2, 0.25) is 0 Å². The topological polar surface area (TPSA) is 67.9 Å². The van der Waals surface area contributed by atoms with Gasteiger partial charge in [0, 0.05) is 65.7 Å². The normalized spacial score (nSPS) is 19.7. The van der Waals surface area contributed by atoms with Crippen molar-refractivity contribution in [2.75, 3.05) is 46.6 Å². The number of nitrogens with zero attached hydrogens (tertiary/aromatic N) is 3. The van der Waals surface area contributed by atoms with Gasteiger partial charge in [0.15, 0.2) is 0 Å². The second-order valence-corrected chi connectivity index (χ2v) is 12.8. The first kappa shape index (κ1) is 28.4. The van der Waals surface area contributed by atoms with E-state index in [4.69, 9.17) is 0 Å². The van der Waals surface area contributed by atoms with Gasteiger partial charge in [-0.15, -0.1) is 11.3 Å². The van der Waals surface area contributed by atoms with Gasteiger partial charge in [0.25, 0.3) is 11.8 Å². The van der Waals surface area contributed by atoms with Crippen molar-refractivity contribution < 1.29 is 9.59 Å². The average molecular weight is 604 g/mol. The molecule has 3 aliphatic heterocycles. The number of amides is 2. The van der Waals surface area contributed by atoms with Gasteiger partial charge in [-0.3, -0.25) is 14.5 Å². The van der Waals surface area contributed by atoms with Gasteiger partial charge in [0.05, 0.1) is 4.88 Å². The van der Waals surface area contributed by atoms with E-state index in [0.717, 1.165) is 54.4 Å². The van der Waals surface area contributed by atoms with Crippen molar-refractivity contribution in [2.45, 2.75) is 38.3 Å². The van der Waals surface area contributed by atoms with Crippen LogP contribution in [-0.4, -0.2) is 55.0 Å². The van der Waals surface area contributed by atoms with Gasteiger partial charge in [-0.25, -0.2) is 0 Å². The van der Waals surface area contributed by atoms with Gasteiger partial charge >= 0.3 is 0 Å². The summed E-state index contributed by atoms with van der Waals surface area (Å²) in [6.45, 7) is 6.67. The second-order valence-electron chi connectivity index (χ2n) is 11.9. The molecule has 44 heavy (non-hydrogen) atoms. The zero-order valence-corrected chi connectivity index (χ0v) is 25.7. The minimum Gasteiger partial charge on any atom is -0.369 e. The van der Waals surface area contributed by atoms with Crippen LogP contribution < -0.4 is 20.4 Å². The molecular weight excluding hydrogens is 566 g/mol. The Morgan fingerprint density at radius 2 is 1.61 bits per heavy atom. The van der Waals surface area contributed by atoms with Crippen LogP contribution >= 0.6 is 11.3 Å². The van der Waals surface area contributed by atoms with Crippen molar-refractivity contribution in [3.05, 3.63) is 106 Å². The maximum absolute atomic E-state index is 13.1. The first-order valence-corrected chi connectivity index (χ1v) is 16.3. The van der Waals surface area contributed by atoms with E-state index in [1.807, 2.05) is 53.9 Å². The molecule has 4 aromatic rings. The van der Waals surface area contributed by atoms with Crippen LogP contribution in [0.5, 0.6) is 0 Å². The summed E-state index contributed by atoms with van der Waals surface area (Å²) in [6, 6.07) is 26.7. The monoisotopic (exact) mass is 603 g/mol. The molecule has 2 fully saturated rings. The highest BCUT2D eigenvalue weighted by Gasteiger charge is 2.30. The summed E-state index contributed by atoms with van der Waals surface area (Å²) in [5.41, 5.74) is 6.53. The van der Waals surface area contributed by atoms with Crippen LogP contribution in [0.1, 0.15) is 51.8 Å². The Hall–Kier alpha value is -4.40. The molecular formula is C36H37N5O2S. The van der Waals surface area contributed by atoms with Crippen molar-refractivity contribution in [2.24, 2.45) is 0 Å². The molecule has 7 rings (SSSR count). The number of rotatable bonds is 6. The third kappa shape index (κ3) is 5.87. The largest absolute Gasteiger partial charge is 0.369 e. The Labute approximate surface area is 262 Å². The number of hydrogen-bond acceptors (Lipinski definition) is 6. The third-order valence-electron chi connectivity index (χ3n) is 8.99. The Kier molecular flexibility index (Phi) is 7.93. The Balaban J connectivity index is 1.02. The van der Waals surface area contributed by atoms with Gasteiger partial charge in [-0.2, -0.15) is 0 Å². The maximum Gasteiger partial charge on any atom is 0.265 e. The lowest BCUT2D eigenvalue weighted by atomic mass is 10.1. The van der Waals surface area contributed by atoms with Crippen LogP contribution in [0.15, 0.2) is 90.3 Å². The van der Waals surface area contributed by atoms with Gasteiger partial charge in [0.2, 0.25) is 0 Å². The predicted molar refractivity (Wildman–Crippen MR) is 182 cm³/mol. The minimum absolute atomic E-state index is 0.0984. The van der Waals surface area contributed by atoms with E-state index >= 15 is 0 Å². The average Bonchev–Trinajstić information content (AvgIpc) is 3.73. The van der Waals surface area contributed by atoms with Crippen LogP contribution in [0.3, 0.4) is 0 Å². The number of anilines is 5. The number of hydrogen-bond donors (Lipinski definition) is 2. The molecule has 8 heteroatoms. The lowest BCUT2D eigenvalue weighted by Crippen LogP contribution is -2.50. The lowest BCUT2D eigenvalue weighted by molar-refractivity contribution is 0.102. The van der Waals surface area contributed by atoms with E-state index in [2.05, 4.69) is 74.7 Å². The molecule has 3 aromatic carbocycles. The number of carbonyl (C=O) groups excluding carboxylic acids is 2. The summed E-state index contributed by atoms with van der Waals surface area (Å²) in [5, 5.41) is 7.99. The van der Waals surface area contributed by atoms with Crippen molar-refractivity contribution in [3.8, 4) is 0 Å². The second kappa shape index (κ2) is 12.3. The smallest absolute Gasteiger partial charge is 0.265 e. The van der Waals surface area contributed by atoms with Crippen molar-refractivity contribution in [3.63, 3.8) is 0 Å². The highest BCUT2D eigenvalue weighted by atomic mass is 32.1. The van der Waals surface area contributed by atoms with Crippen LogP contribution in [0.4, 0.5) is 28.4 Å². The quantitative estimate of drug-likeness (QED) is 0.239. The van der Waals surface area contributed by atoms with Crippen LogP contribution in [0.25, 0.3) is 6.08 Å². The number of fused-ring (bicyclic) bond motifs is 2. The minimum atomic E-state index is -0.111. The summed E-state index contributed by atoms with van der Waals surface area (Å²) < 4.78 is 0. The summed E-state index contributed by atoms with van der Waals surface area (Å²) in [7, 11) is 0. The zero-order valence-electron chi connectivity index (χ0n) is 24.9. The van der Waals surface area contributed by atoms with E-state index in [9.17, 15) is 9.59 Å². The summed E-state index contributed by atoms with van der Waals surface area (Å²) in [5.74, 6) is -0.210. The Morgan fingerprint density at radius 3 is 2.41 bits per heavy atom. The fraction of sp³-hybridized carbons (Fsp3) is 0.278. The molecule has 2 atom stereocenters. The number of carbonyl (C=O) groups is 2. The SMILES string of the molecule is CC1CC=Cc2cc(NC(=O)c3cccs3)ccc2N1c1ccc(NC(=O)c2ccc(N3CCN4CCCC4C3)cc2)cc1. The van der Waals surface area contributed by atoms with E-state index in [0.29, 0.717) is 16.5 Å². The molecule has 2 amide bonds. The molecule has 1 aromatic heterocycles. The van der Waals surface area contributed by atoms with Gasteiger partial charge in [-0.05, 0) is 116 Å². The van der Waals surface area contributed by atoms with Crippen molar-refractivity contribution >= 4 is 57.7 Å². The Morgan fingerprint density at radius 1 is 0.841 bits per heavy atom. The third-order valence-corrected chi connectivity index (χ3v) is 9.86. The first-order chi connectivity index (χ1) is 21.5. The number of piperazine rings is 1. The molecule has 7 nitrogen and oxygen atoms in total. The van der Waals surface area contributed by atoms with Crippen molar-refractivity contribution in [1.29, 1.82) is 0 Å². The zero-order chi connectivity index (χ0) is 30.0. The maximum atomic E-state index is 13.1. The molecule has 0 aliphatic carbocycles. The van der Waals surface area contributed by atoms with Gasteiger partial charge in [-0.1, -0.05) is 18.2 Å². The molecule has 0 spiro atoms. The molecule has 0 bridgehead atoms. The molecule has 2 N–H and O–H groups in total. The highest BCUT2D eigenvalue weighted by Crippen LogP contribution is 2.37. The number of thiophene rings is 1. The Bertz CT molecular complexity index is 1670. The molecule has 3 aliphatic rings. The van der Waals surface area contributed by atoms with Crippen LogP contribution in [0, 0.1) is 0 Å². The number of nitrogens with one attached hydrogen (secondary N) is 2. The van der Waals surface area contributed by atoms with Gasteiger partial charge < -0.3 is 20.4 Å². The fourth-order valence-electron chi connectivity index (χ4n) is 6.67. The van der Waals surface area contributed by atoms with E-state index in [-0.39, 0.29) is 17.9 Å². The van der Waals surface area contributed by atoms with E-state index in [1.165, 1.54) is 36.4 Å². The molecule has 0 radical (unpaired) electrons. The fourth-order valence-corrected chi connectivity index (χ4v) is 7.29. The molecule has 0 saturated carbocycles. The van der Waals surface area contributed by atoms with E-state index in [1.54, 1.807) is 0 Å². The van der Waals surface area contributed by atoms with E-state index < -0.39 is 0 Å².